The van der Waals surface area contributed by atoms with Crippen molar-refractivity contribution in [1.29, 1.82) is 0 Å². The quantitative estimate of drug-likeness (QED) is 0.690. The third-order valence-corrected chi connectivity index (χ3v) is 2.86. The van der Waals surface area contributed by atoms with Crippen LogP contribution in [0.2, 0.25) is 0 Å². The number of carbonyl (C=O) groups is 1. The van der Waals surface area contributed by atoms with Gasteiger partial charge in [0, 0.05) is 7.11 Å². The van der Waals surface area contributed by atoms with Crippen molar-refractivity contribution in [3.8, 4) is 0 Å². The summed E-state index contributed by atoms with van der Waals surface area (Å²) in [5.41, 5.74) is 5.87. The molecule has 0 aliphatic carbocycles. The topological polar surface area (TPSA) is 84.6 Å². The summed E-state index contributed by atoms with van der Waals surface area (Å²) < 4.78 is 18.7. The highest BCUT2D eigenvalue weighted by molar-refractivity contribution is 5.90. The molecule has 1 aromatic carbocycles. The highest BCUT2D eigenvalue weighted by Crippen LogP contribution is 2.25. The van der Waals surface area contributed by atoms with Gasteiger partial charge in [0.15, 0.2) is 0 Å². The maximum atomic E-state index is 13.6. The second kappa shape index (κ2) is 6.38. The Balaban J connectivity index is 3.01. The zero-order valence-corrected chi connectivity index (χ0v) is 11.2. The number of nitrogen functional groups attached to an aromatic ring is 1. The van der Waals surface area contributed by atoms with Gasteiger partial charge in [0.25, 0.3) is 0 Å². The van der Waals surface area contributed by atoms with Crippen LogP contribution in [-0.4, -0.2) is 30.8 Å². The summed E-state index contributed by atoms with van der Waals surface area (Å²) in [5.74, 6) is -1.90. The molecule has 0 amide bonds. The van der Waals surface area contributed by atoms with Crippen molar-refractivity contribution < 1.29 is 19.0 Å². The first-order valence-electron chi connectivity index (χ1n) is 5.94. The number of carboxylic acids is 1. The molecule has 4 N–H and O–H groups in total. The zero-order valence-electron chi connectivity index (χ0n) is 11.2. The van der Waals surface area contributed by atoms with Crippen molar-refractivity contribution in [3.63, 3.8) is 0 Å². The third kappa shape index (κ3) is 3.82. The molecule has 6 heteroatoms. The number of methoxy groups -OCH3 is 1. The molecule has 0 aliphatic rings. The molecule has 0 radical (unpaired) electrons. The zero-order chi connectivity index (χ0) is 14.6. The number of nitrogens with two attached hydrogens (primary N) is 1. The average molecular weight is 270 g/mol. The van der Waals surface area contributed by atoms with Gasteiger partial charge in [-0.3, -0.25) is 0 Å². The van der Waals surface area contributed by atoms with Crippen LogP contribution in [0.3, 0.4) is 0 Å². The lowest BCUT2D eigenvalue weighted by molar-refractivity contribution is 0.0692. The van der Waals surface area contributed by atoms with E-state index in [1.54, 1.807) is 7.11 Å². The number of carboxylic acid groups (broad SMARTS) is 1. The molecule has 1 atom stereocenters. The molecule has 1 aromatic rings. The van der Waals surface area contributed by atoms with E-state index in [0.717, 1.165) is 12.1 Å². The van der Waals surface area contributed by atoms with Crippen LogP contribution in [0.5, 0.6) is 0 Å². The Labute approximate surface area is 111 Å². The number of hydrogen-bond acceptors (Lipinski definition) is 4. The first-order valence-corrected chi connectivity index (χ1v) is 5.94. The summed E-state index contributed by atoms with van der Waals surface area (Å²) in [6.07, 6.45) is 0. The maximum absolute atomic E-state index is 13.6. The van der Waals surface area contributed by atoms with E-state index in [9.17, 15) is 9.18 Å². The number of rotatable bonds is 6. The summed E-state index contributed by atoms with van der Waals surface area (Å²) >= 11 is 0. The Bertz CT molecular complexity index is 463. The van der Waals surface area contributed by atoms with Crippen molar-refractivity contribution in [2.24, 2.45) is 5.92 Å². The highest BCUT2D eigenvalue weighted by atomic mass is 19.1. The van der Waals surface area contributed by atoms with E-state index in [4.69, 9.17) is 15.6 Å². The molecule has 5 nitrogen and oxygen atoms in total. The maximum Gasteiger partial charge on any atom is 0.338 e. The molecule has 1 rings (SSSR count). The van der Waals surface area contributed by atoms with Gasteiger partial charge < -0.3 is 20.9 Å². The van der Waals surface area contributed by atoms with Crippen molar-refractivity contribution >= 4 is 17.3 Å². The lowest BCUT2D eigenvalue weighted by Gasteiger charge is -2.23. The first-order chi connectivity index (χ1) is 8.86. The van der Waals surface area contributed by atoms with Gasteiger partial charge in [-0.2, -0.15) is 0 Å². The number of aromatic carboxylic acids is 1. The average Bonchev–Trinajstić information content (AvgIpc) is 2.32. The van der Waals surface area contributed by atoms with E-state index in [1.165, 1.54) is 0 Å². The van der Waals surface area contributed by atoms with E-state index in [1.807, 2.05) is 13.8 Å². The third-order valence-electron chi connectivity index (χ3n) is 2.86. The monoisotopic (exact) mass is 270 g/mol. The predicted molar refractivity (Wildman–Crippen MR) is 71.9 cm³/mol. The minimum absolute atomic E-state index is 0.0395. The highest BCUT2D eigenvalue weighted by Gasteiger charge is 2.18. The van der Waals surface area contributed by atoms with Gasteiger partial charge in [-0.15, -0.1) is 0 Å². The second-order valence-corrected chi connectivity index (χ2v) is 4.67. The second-order valence-electron chi connectivity index (χ2n) is 4.67. The summed E-state index contributed by atoms with van der Waals surface area (Å²) in [7, 11) is 1.58. The minimum Gasteiger partial charge on any atom is -0.478 e. The molecular formula is C13H19FN2O3. The fourth-order valence-electron chi connectivity index (χ4n) is 1.66. The van der Waals surface area contributed by atoms with E-state index in [0.29, 0.717) is 12.3 Å². The van der Waals surface area contributed by atoms with E-state index in [2.05, 4.69) is 5.32 Å². The van der Waals surface area contributed by atoms with Crippen LogP contribution >= 0.6 is 0 Å². The van der Waals surface area contributed by atoms with Crippen LogP contribution in [-0.2, 0) is 4.74 Å². The van der Waals surface area contributed by atoms with Crippen LogP contribution < -0.4 is 11.1 Å². The van der Waals surface area contributed by atoms with Crippen LogP contribution in [0.15, 0.2) is 12.1 Å². The Morgan fingerprint density at radius 3 is 2.63 bits per heavy atom. The van der Waals surface area contributed by atoms with Crippen LogP contribution in [0, 0.1) is 11.7 Å². The summed E-state index contributed by atoms with van der Waals surface area (Å²) in [5, 5.41) is 11.9. The Morgan fingerprint density at radius 1 is 1.53 bits per heavy atom. The molecule has 0 saturated heterocycles. The number of hydrogen-bond donors (Lipinski definition) is 3. The Hall–Kier alpha value is -1.82. The van der Waals surface area contributed by atoms with Crippen molar-refractivity contribution in [3.05, 3.63) is 23.5 Å². The van der Waals surface area contributed by atoms with Gasteiger partial charge in [-0.1, -0.05) is 13.8 Å². The van der Waals surface area contributed by atoms with E-state index < -0.39 is 17.3 Å². The number of ether oxygens (including phenoxy) is 1. The lowest BCUT2D eigenvalue weighted by Crippen LogP contribution is -2.30. The number of benzene rings is 1. The van der Waals surface area contributed by atoms with Gasteiger partial charge in [0.2, 0.25) is 0 Å². The fraction of sp³-hybridized carbons (Fsp3) is 0.462. The largest absolute Gasteiger partial charge is 0.478 e. The number of halogens is 1. The standard InChI is InChI=1S/C13H19FN2O3/c1-7(2)12(6-19-3)16-11-5-9(14)8(13(17)18)4-10(11)15/h4-5,7,12,16H,6,15H2,1-3H3,(H,17,18). The Kier molecular flexibility index (Phi) is 5.11. The molecule has 1 unspecified atom stereocenters. The Morgan fingerprint density at radius 2 is 2.16 bits per heavy atom. The molecule has 19 heavy (non-hydrogen) atoms. The van der Waals surface area contributed by atoms with Crippen molar-refractivity contribution in [2.45, 2.75) is 19.9 Å². The van der Waals surface area contributed by atoms with Crippen LogP contribution in [0.25, 0.3) is 0 Å². The molecule has 0 aliphatic heterocycles. The van der Waals surface area contributed by atoms with Gasteiger partial charge in [-0.25, -0.2) is 9.18 Å². The smallest absolute Gasteiger partial charge is 0.338 e. The minimum atomic E-state index is -1.34. The normalized spacial score (nSPS) is 12.5. The molecule has 0 bridgehead atoms. The van der Waals surface area contributed by atoms with E-state index in [-0.39, 0.29) is 17.6 Å². The molecule has 0 fully saturated rings. The SMILES string of the molecule is COCC(Nc1cc(F)c(C(=O)O)cc1N)C(C)C. The van der Waals surface area contributed by atoms with Crippen LogP contribution in [0.4, 0.5) is 15.8 Å². The molecule has 0 heterocycles. The number of nitrogens with one attached hydrogen (secondary N) is 1. The lowest BCUT2D eigenvalue weighted by atomic mass is 10.0. The summed E-state index contributed by atoms with van der Waals surface area (Å²) in [6, 6.07) is 2.18. The predicted octanol–water partition coefficient (Wildman–Crippen LogP) is 2.19. The molecule has 0 saturated carbocycles. The van der Waals surface area contributed by atoms with Gasteiger partial charge in [0.1, 0.15) is 5.82 Å². The molecule has 106 valence electrons. The summed E-state index contributed by atoms with van der Waals surface area (Å²) in [6.45, 7) is 4.43. The van der Waals surface area contributed by atoms with Gasteiger partial charge in [-0.05, 0) is 18.1 Å². The molecular weight excluding hydrogens is 251 g/mol. The molecule has 0 aromatic heterocycles. The van der Waals surface area contributed by atoms with Gasteiger partial charge >= 0.3 is 5.97 Å². The summed E-state index contributed by atoms with van der Waals surface area (Å²) in [4.78, 5) is 10.8. The van der Waals surface area contributed by atoms with Gasteiger partial charge in [0.05, 0.1) is 29.6 Å². The van der Waals surface area contributed by atoms with Crippen molar-refractivity contribution in [1.82, 2.24) is 0 Å². The number of anilines is 2. The van der Waals surface area contributed by atoms with Crippen molar-refractivity contribution in [2.75, 3.05) is 24.8 Å². The van der Waals surface area contributed by atoms with E-state index >= 15 is 0 Å². The van der Waals surface area contributed by atoms with Crippen LogP contribution in [0.1, 0.15) is 24.2 Å². The first kappa shape index (κ1) is 15.2. The fourth-order valence-corrected chi connectivity index (χ4v) is 1.66. The molecule has 0 spiro atoms.